The van der Waals surface area contributed by atoms with Crippen molar-refractivity contribution in [1.29, 1.82) is 0 Å². The molecule has 0 atom stereocenters. The second kappa shape index (κ2) is 8.93. The van der Waals surface area contributed by atoms with Gasteiger partial charge in [-0.2, -0.15) is 0 Å². The number of rotatable bonds is 8. The average Bonchev–Trinajstić information content (AvgIpc) is 2.98. The molecule has 8 heteroatoms. The number of amides is 1. The lowest BCUT2D eigenvalue weighted by Crippen LogP contribution is -2.28. The average molecular weight is 364 g/mol. The molecule has 0 aliphatic carbocycles. The van der Waals surface area contributed by atoms with Crippen LogP contribution in [-0.4, -0.2) is 30.0 Å². The summed E-state index contributed by atoms with van der Waals surface area (Å²) in [4.78, 5) is 28.0. The van der Waals surface area contributed by atoms with Gasteiger partial charge in [0.05, 0.1) is 5.69 Å². The summed E-state index contributed by atoms with van der Waals surface area (Å²) < 4.78 is 23.3. The Morgan fingerprint density at radius 2 is 2.08 bits per heavy atom. The van der Waals surface area contributed by atoms with E-state index in [-0.39, 0.29) is 19.0 Å². The molecule has 0 saturated carbocycles. The second-order valence-corrected chi connectivity index (χ2v) is 6.02. The molecule has 1 N–H and O–H groups in total. The number of carbonyl (C=O) groups excluding carboxylic acids is 2. The van der Waals surface area contributed by atoms with Crippen molar-refractivity contribution in [3.8, 4) is 5.75 Å². The van der Waals surface area contributed by atoms with Gasteiger partial charge in [0.25, 0.3) is 5.91 Å². The molecule has 6 nitrogen and oxygen atoms in total. The van der Waals surface area contributed by atoms with Gasteiger partial charge in [0, 0.05) is 6.54 Å². The fourth-order valence-corrected chi connectivity index (χ4v) is 2.68. The fraction of sp³-hybridized carbons (Fsp3) is 0.235. The first-order valence-electron chi connectivity index (χ1n) is 7.39. The number of thiazole rings is 1. The zero-order valence-corrected chi connectivity index (χ0v) is 14.4. The molecule has 0 radical (unpaired) electrons. The summed E-state index contributed by atoms with van der Waals surface area (Å²) in [5, 5.41) is 3.08. The van der Waals surface area contributed by atoms with Gasteiger partial charge in [-0.05, 0) is 31.2 Å². The summed E-state index contributed by atoms with van der Waals surface area (Å²) in [6, 6.07) is 5.60. The Balaban J connectivity index is 1.90. The van der Waals surface area contributed by atoms with Crippen molar-refractivity contribution in [2.75, 3.05) is 13.2 Å². The Morgan fingerprint density at radius 1 is 1.36 bits per heavy atom. The zero-order valence-electron chi connectivity index (χ0n) is 13.6. The second-order valence-electron chi connectivity index (χ2n) is 4.93. The van der Waals surface area contributed by atoms with Crippen molar-refractivity contribution in [1.82, 2.24) is 10.3 Å². The topological polar surface area (TPSA) is 77.5 Å². The number of hydrogen-bond donors (Lipinski definition) is 1. The van der Waals surface area contributed by atoms with Gasteiger partial charge in [-0.1, -0.05) is 6.08 Å². The number of benzene rings is 1. The monoisotopic (exact) mass is 364 g/mol. The number of hydrogen-bond acceptors (Lipinski definition) is 6. The molecule has 1 aromatic carbocycles. The minimum Gasteiger partial charge on any atom is -0.486 e. The number of halogens is 1. The van der Waals surface area contributed by atoms with Gasteiger partial charge in [-0.25, -0.2) is 14.2 Å². The molecule has 25 heavy (non-hydrogen) atoms. The van der Waals surface area contributed by atoms with Gasteiger partial charge in [0.15, 0.2) is 6.61 Å². The maximum atomic E-state index is 12.8. The van der Waals surface area contributed by atoms with E-state index in [0.29, 0.717) is 27.9 Å². The van der Waals surface area contributed by atoms with E-state index in [0.717, 1.165) is 11.3 Å². The molecule has 1 heterocycles. The van der Waals surface area contributed by atoms with Crippen LogP contribution in [-0.2, 0) is 16.1 Å². The number of nitrogens with zero attached hydrogens (tertiary/aromatic N) is 1. The molecular weight excluding hydrogens is 347 g/mol. The first-order chi connectivity index (χ1) is 12.0. The third kappa shape index (κ3) is 5.68. The Morgan fingerprint density at radius 3 is 2.76 bits per heavy atom. The number of nitrogens with one attached hydrogen (secondary N) is 1. The summed E-state index contributed by atoms with van der Waals surface area (Å²) >= 11 is 1.13. The molecule has 0 saturated heterocycles. The standard InChI is InChI=1S/C17H17FN2O4S/c1-3-8-19-14(21)9-24-17(22)16-11(2)20-15(25-16)10-23-13-6-4-12(18)5-7-13/h3-7H,1,8-10H2,2H3,(H,19,21). The Hall–Kier alpha value is -2.74. The van der Waals surface area contributed by atoms with Crippen molar-refractivity contribution in [3.63, 3.8) is 0 Å². The Bertz CT molecular complexity index is 759. The van der Waals surface area contributed by atoms with Crippen LogP contribution in [0.3, 0.4) is 0 Å². The van der Waals surface area contributed by atoms with Crippen LogP contribution in [0.25, 0.3) is 0 Å². The maximum absolute atomic E-state index is 12.8. The summed E-state index contributed by atoms with van der Waals surface area (Å²) in [6.45, 7) is 5.23. The molecule has 2 rings (SSSR count). The van der Waals surface area contributed by atoms with E-state index in [9.17, 15) is 14.0 Å². The van der Waals surface area contributed by atoms with Crippen molar-refractivity contribution in [3.05, 3.63) is 58.3 Å². The third-order valence-electron chi connectivity index (χ3n) is 2.98. The van der Waals surface area contributed by atoms with Crippen LogP contribution in [0.4, 0.5) is 4.39 Å². The number of aryl methyl sites for hydroxylation is 1. The van der Waals surface area contributed by atoms with Gasteiger partial charge in [-0.3, -0.25) is 4.79 Å². The van der Waals surface area contributed by atoms with E-state index in [1.807, 2.05) is 0 Å². The van der Waals surface area contributed by atoms with Crippen LogP contribution in [0.2, 0.25) is 0 Å². The van der Waals surface area contributed by atoms with E-state index >= 15 is 0 Å². The zero-order chi connectivity index (χ0) is 18.2. The van der Waals surface area contributed by atoms with E-state index in [1.165, 1.54) is 30.3 Å². The predicted molar refractivity (Wildman–Crippen MR) is 91.1 cm³/mol. The molecule has 0 unspecified atom stereocenters. The lowest BCUT2D eigenvalue weighted by molar-refractivity contribution is -0.124. The highest BCUT2D eigenvalue weighted by atomic mass is 32.1. The van der Waals surface area contributed by atoms with Gasteiger partial charge in [0.2, 0.25) is 0 Å². The van der Waals surface area contributed by atoms with Gasteiger partial charge in [0.1, 0.15) is 28.1 Å². The van der Waals surface area contributed by atoms with E-state index in [2.05, 4.69) is 16.9 Å². The van der Waals surface area contributed by atoms with E-state index in [4.69, 9.17) is 9.47 Å². The van der Waals surface area contributed by atoms with Gasteiger partial charge >= 0.3 is 5.97 Å². The molecule has 1 amide bonds. The normalized spacial score (nSPS) is 10.2. The quantitative estimate of drug-likeness (QED) is 0.576. The van der Waals surface area contributed by atoms with Crippen molar-refractivity contribution in [2.45, 2.75) is 13.5 Å². The van der Waals surface area contributed by atoms with Crippen LogP contribution in [0.1, 0.15) is 20.4 Å². The van der Waals surface area contributed by atoms with Crippen molar-refractivity contribution in [2.24, 2.45) is 0 Å². The van der Waals surface area contributed by atoms with Crippen molar-refractivity contribution >= 4 is 23.2 Å². The van der Waals surface area contributed by atoms with Crippen LogP contribution < -0.4 is 10.1 Å². The number of aromatic nitrogens is 1. The largest absolute Gasteiger partial charge is 0.486 e. The summed E-state index contributed by atoms with van der Waals surface area (Å²) in [5.74, 6) is -0.871. The Kier molecular flexibility index (Phi) is 6.64. The third-order valence-corrected chi connectivity index (χ3v) is 4.09. The SMILES string of the molecule is C=CCNC(=O)COC(=O)c1sc(COc2ccc(F)cc2)nc1C. The lowest BCUT2D eigenvalue weighted by atomic mass is 10.3. The molecule has 2 aromatic rings. The van der Waals surface area contributed by atoms with Crippen LogP contribution in [0, 0.1) is 12.7 Å². The highest BCUT2D eigenvalue weighted by Gasteiger charge is 2.18. The van der Waals surface area contributed by atoms with Crippen LogP contribution >= 0.6 is 11.3 Å². The molecule has 132 valence electrons. The first-order valence-corrected chi connectivity index (χ1v) is 8.20. The Labute approximate surface area is 148 Å². The predicted octanol–water partition coefficient (Wildman–Crippen LogP) is 2.63. The number of carbonyl (C=O) groups is 2. The van der Waals surface area contributed by atoms with Gasteiger partial charge in [-0.15, -0.1) is 17.9 Å². The number of esters is 1. The van der Waals surface area contributed by atoms with E-state index in [1.54, 1.807) is 6.92 Å². The van der Waals surface area contributed by atoms with Crippen LogP contribution in [0.15, 0.2) is 36.9 Å². The minimum absolute atomic E-state index is 0.143. The van der Waals surface area contributed by atoms with Gasteiger partial charge < -0.3 is 14.8 Å². The highest BCUT2D eigenvalue weighted by Crippen LogP contribution is 2.21. The molecule has 0 spiro atoms. The molecule has 0 fully saturated rings. The fourth-order valence-electron chi connectivity index (χ4n) is 1.81. The first kappa shape index (κ1) is 18.6. The summed E-state index contributed by atoms with van der Waals surface area (Å²) in [5.41, 5.74) is 0.499. The lowest BCUT2D eigenvalue weighted by Gasteiger charge is -2.04. The number of ether oxygens (including phenoxy) is 2. The summed E-state index contributed by atoms with van der Waals surface area (Å²) in [6.07, 6.45) is 1.53. The minimum atomic E-state index is -0.614. The maximum Gasteiger partial charge on any atom is 0.350 e. The molecule has 1 aromatic heterocycles. The highest BCUT2D eigenvalue weighted by molar-refractivity contribution is 7.13. The molecule has 0 bridgehead atoms. The van der Waals surface area contributed by atoms with Crippen LogP contribution in [0.5, 0.6) is 5.75 Å². The molecule has 0 aliphatic rings. The van der Waals surface area contributed by atoms with Crippen molar-refractivity contribution < 1.29 is 23.5 Å². The smallest absolute Gasteiger partial charge is 0.350 e. The molecular formula is C17H17FN2O4S. The van der Waals surface area contributed by atoms with E-state index < -0.39 is 11.9 Å². The molecule has 0 aliphatic heterocycles. The summed E-state index contributed by atoms with van der Waals surface area (Å²) in [7, 11) is 0.